The van der Waals surface area contributed by atoms with Gasteiger partial charge >= 0.3 is 0 Å². The molecule has 0 bridgehead atoms. The Balaban J connectivity index is 1.70. The predicted octanol–water partition coefficient (Wildman–Crippen LogP) is 1.90. The van der Waals surface area contributed by atoms with Gasteiger partial charge in [-0.25, -0.2) is 4.98 Å². The number of piperazine rings is 1. The van der Waals surface area contributed by atoms with E-state index in [2.05, 4.69) is 52.4 Å². The fourth-order valence-electron chi connectivity index (χ4n) is 2.81. The molecule has 0 saturated carbocycles. The minimum Gasteiger partial charge on any atom is -0.329 e. The van der Waals surface area contributed by atoms with E-state index in [9.17, 15) is 0 Å². The van der Waals surface area contributed by atoms with Crippen LogP contribution in [0.5, 0.6) is 0 Å². The van der Waals surface area contributed by atoms with Crippen LogP contribution in [0.2, 0.25) is 0 Å². The summed E-state index contributed by atoms with van der Waals surface area (Å²) in [5, 5.41) is 0. The fourth-order valence-corrected chi connectivity index (χ4v) is 2.81. The van der Waals surface area contributed by atoms with E-state index in [1.54, 1.807) is 0 Å². The molecular weight excluding hydrogens is 248 g/mol. The van der Waals surface area contributed by atoms with Crippen LogP contribution in [0.4, 0.5) is 0 Å². The summed E-state index contributed by atoms with van der Waals surface area (Å²) < 4.78 is 2.29. The monoisotopic (exact) mass is 272 g/mol. The molecule has 0 N–H and O–H groups in total. The van der Waals surface area contributed by atoms with Crippen molar-refractivity contribution < 1.29 is 0 Å². The first-order valence-electron chi connectivity index (χ1n) is 7.46. The Hall–Kier alpha value is -1.39. The number of fused-ring (bicyclic) bond motifs is 1. The number of aromatic nitrogens is 2. The van der Waals surface area contributed by atoms with Crippen molar-refractivity contribution in [2.45, 2.75) is 20.4 Å². The van der Waals surface area contributed by atoms with Crippen LogP contribution in [-0.4, -0.2) is 59.1 Å². The maximum Gasteiger partial charge on any atom is 0.0958 e. The Morgan fingerprint density at radius 2 is 1.70 bits per heavy atom. The Labute approximate surface area is 121 Å². The van der Waals surface area contributed by atoms with Crippen molar-refractivity contribution >= 4 is 11.0 Å². The third kappa shape index (κ3) is 2.72. The molecule has 108 valence electrons. The molecule has 1 aromatic heterocycles. The number of rotatable bonds is 3. The lowest BCUT2D eigenvalue weighted by Gasteiger charge is -2.32. The smallest absolute Gasteiger partial charge is 0.0958 e. The van der Waals surface area contributed by atoms with Gasteiger partial charge < -0.3 is 9.47 Å². The Morgan fingerprint density at radius 1 is 1.00 bits per heavy atom. The van der Waals surface area contributed by atoms with Crippen LogP contribution in [0.15, 0.2) is 18.5 Å². The molecule has 20 heavy (non-hydrogen) atoms. The quantitative estimate of drug-likeness (QED) is 0.853. The second-order valence-corrected chi connectivity index (χ2v) is 6.01. The van der Waals surface area contributed by atoms with Crippen LogP contribution in [0, 0.1) is 13.8 Å². The van der Waals surface area contributed by atoms with Gasteiger partial charge in [-0.15, -0.1) is 0 Å². The lowest BCUT2D eigenvalue weighted by molar-refractivity contribution is 0.150. The van der Waals surface area contributed by atoms with E-state index in [1.165, 1.54) is 42.8 Å². The van der Waals surface area contributed by atoms with E-state index < -0.39 is 0 Å². The largest absolute Gasteiger partial charge is 0.329 e. The van der Waals surface area contributed by atoms with Gasteiger partial charge in [0.1, 0.15) is 0 Å². The zero-order valence-corrected chi connectivity index (χ0v) is 12.8. The molecule has 0 spiro atoms. The highest BCUT2D eigenvalue weighted by atomic mass is 15.3. The maximum atomic E-state index is 4.53. The molecule has 4 heteroatoms. The van der Waals surface area contributed by atoms with Gasteiger partial charge in [-0.05, 0) is 44.2 Å². The van der Waals surface area contributed by atoms with Gasteiger partial charge in [0.25, 0.3) is 0 Å². The second-order valence-electron chi connectivity index (χ2n) is 6.01. The summed E-state index contributed by atoms with van der Waals surface area (Å²) >= 11 is 0. The normalized spacial score (nSPS) is 17.9. The van der Waals surface area contributed by atoms with Crippen molar-refractivity contribution in [1.29, 1.82) is 0 Å². The third-order valence-corrected chi connectivity index (χ3v) is 4.49. The van der Waals surface area contributed by atoms with Gasteiger partial charge in [-0.2, -0.15) is 0 Å². The summed E-state index contributed by atoms with van der Waals surface area (Å²) in [7, 11) is 2.20. The molecule has 1 aromatic carbocycles. The Bertz CT molecular complexity index is 594. The molecule has 1 fully saturated rings. The van der Waals surface area contributed by atoms with Crippen molar-refractivity contribution in [1.82, 2.24) is 19.4 Å². The van der Waals surface area contributed by atoms with Gasteiger partial charge in [0.15, 0.2) is 0 Å². The van der Waals surface area contributed by atoms with Crippen molar-refractivity contribution in [3.8, 4) is 0 Å². The summed E-state index contributed by atoms with van der Waals surface area (Å²) in [5.41, 5.74) is 5.05. The zero-order valence-electron chi connectivity index (χ0n) is 12.8. The minimum atomic E-state index is 1.03. The van der Waals surface area contributed by atoms with Crippen molar-refractivity contribution in [2.24, 2.45) is 0 Å². The number of hydrogen-bond donors (Lipinski definition) is 0. The molecule has 4 nitrogen and oxygen atoms in total. The average molecular weight is 272 g/mol. The van der Waals surface area contributed by atoms with E-state index in [-0.39, 0.29) is 0 Å². The summed E-state index contributed by atoms with van der Waals surface area (Å²) in [5.74, 6) is 0. The number of benzene rings is 1. The molecule has 1 aliphatic heterocycles. The molecule has 2 heterocycles. The van der Waals surface area contributed by atoms with E-state index in [4.69, 9.17) is 0 Å². The van der Waals surface area contributed by atoms with E-state index in [0.717, 1.165) is 18.6 Å². The van der Waals surface area contributed by atoms with E-state index >= 15 is 0 Å². The van der Waals surface area contributed by atoms with Gasteiger partial charge in [0.2, 0.25) is 0 Å². The summed E-state index contributed by atoms with van der Waals surface area (Å²) in [6, 6.07) is 4.46. The van der Waals surface area contributed by atoms with E-state index in [0.29, 0.717) is 0 Å². The van der Waals surface area contributed by atoms with Gasteiger partial charge in [-0.1, -0.05) is 0 Å². The number of imidazole rings is 1. The predicted molar refractivity (Wildman–Crippen MR) is 83.1 cm³/mol. The highest BCUT2D eigenvalue weighted by Crippen LogP contribution is 2.18. The Morgan fingerprint density at radius 3 is 2.45 bits per heavy atom. The van der Waals surface area contributed by atoms with E-state index in [1.807, 2.05) is 6.33 Å². The number of nitrogens with zero attached hydrogens (tertiary/aromatic N) is 4. The molecule has 0 amide bonds. The van der Waals surface area contributed by atoms with Crippen LogP contribution in [0.25, 0.3) is 11.0 Å². The number of likely N-dealkylation sites (N-methyl/N-ethyl adjacent to an activating group) is 1. The first-order chi connectivity index (χ1) is 9.63. The Kier molecular flexibility index (Phi) is 3.76. The summed E-state index contributed by atoms with van der Waals surface area (Å²) in [6.45, 7) is 11.2. The van der Waals surface area contributed by atoms with Gasteiger partial charge in [0, 0.05) is 39.3 Å². The van der Waals surface area contributed by atoms with Crippen LogP contribution in [0.3, 0.4) is 0 Å². The minimum absolute atomic E-state index is 1.03. The average Bonchev–Trinajstić information content (AvgIpc) is 2.81. The van der Waals surface area contributed by atoms with Crippen LogP contribution in [0.1, 0.15) is 11.1 Å². The number of aryl methyl sites for hydroxylation is 2. The molecule has 3 rings (SSSR count). The molecule has 2 aromatic rings. The van der Waals surface area contributed by atoms with Crippen LogP contribution < -0.4 is 0 Å². The first-order valence-corrected chi connectivity index (χ1v) is 7.46. The molecule has 0 atom stereocenters. The third-order valence-electron chi connectivity index (χ3n) is 4.49. The van der Waals surface area contributed by atoms with Crippen molar-refractivity contribution in [2.75, 3.05) is 39.8 Å². The maximum absolute atomic E-state index is 4.53. The van der Waals surface area contributed by atoms with Gasteiger partial charge in [-0.3, -0.25) is 4.90 Å². The van der Waals surface area contributed by atoms with Crippen LogP contribution in [-0.2, 0) is 6.54 Å². The lowest BCUT2D eigenvalue weighted by Crippen LogP contribution is -2.45. The highest BCUT2D eigenvalue weighted by Gasteiger charge is 2.13. The summed E-state index contributed by atoms with van der Waals surface area (Å²) in [4.78, 5) is 9.48. The fraction of sp³-hybridized carbons (Fsp3) is 0.562. The van der Waals surface area contributed by atoms with Crippen LogP contribution >= 0.6 is 0 Å². The van der Waals surface area contributed by atoms with Crippen molar-refractivity contribution in [3.63, 3.8) is 0 Å². The number of hydrogen-bond acceptors (Lipinski definition) is 3. The first kappa shape index (κ1) is 13.6. The topological polar surface area (TPSA) is 24.3 Å². The summed E-state index contributed by atoms with van der Waals surface area (Å²) in [6.07, 6.45) is 1.99. The highest BCUT2D eigenvalue weighted by molar-refractivity contribution is 5.77. The SMILES string of the molecule is Cc1cc2ncn(CCN3CCN(C)CC3)c2cc1C. The molecule has 0 aliphatic carbocycles. The lowest BCUT2D eigenvalue weighted by atomic mass is 10.1. The van der Waals surface area contributed by atoms with Gasteiger partial charge in [0.05, 0.1) is 17.4 Å². The second kappa shape index (κ2) is 5.54. The molecule has 1 saturated heterocycles. The molecular formula is C16H24N4. The van der Waals surface area contributed by atoms with Crippen molar-refractivity contribution in [3.05, 3.63) is 29.6 Å². The zero-order chi connectivity index (χ0) is 14.1. The molecule has 0 unspecified atom stereocenters. The standard InChI is InChI=1S/C16H24N4/c1-13-10-15-16(11-14(13)2)20(12-17-15)9-8-19-6-4-18(3)5-7-19/h10-12H,4-9H2,1-3H3. The molecule has 1 aliphatic rings. The molecule has 0 radical (unpaired) electrons.